The topological polar surface area (TPSA) is 69.8 Å². The molecule has 0 aromatic carbocycles. The largest absolute Gasteiger partial charge is 0.366 e. The Morgan fingerprint density at radius 1 is 1.43 bits per heavy atom. The first kappa shape index (κ1) is 7.99. The maximum Gasteiger partial charge on any atom is 0.252 e. The number of H-pyrrole nitrogens is 1. The Kier molecular flexibility index (Phi) is 1.61. The Balaban J connectivity index is 1.71. The number of aromatic amines is 1. The molecule has 2 heterocycles. The summed E-state index contributed by atoms with van der Waals surface area (Å²) in [5.74, 6) is 2.15. The van der Waals surface area contributed by atoms with Crippen molar-refractivity contribution < 1.29 is 0 Å². The van der Waals surface area contributed by atoms with Gasteiger partial charge in [0.05, 0.1) is 6.33 Å². The summed E-state index contributed by atoms with van der Waals surface area (Å²) in [6.07, 6.45) is 1.43. The molecule has 5 nitrogen and oxygen atoms in total. The van der Waals surface area contributed by atoms with E-state index in [0.717, 1.165) is 24.9 Å². The summed E-state index contributed by atoms with van der Waals surface area (Å²) in [5.41, 5.74) is -0.105. The van der Waals surface area contributed by atoms with Gasteiger partial charge in [-0.1, -0.05) is 0 Å². The smallest absolute Gasteiger partial charge is 0.252 e. The molecule has 1 aliphatic carbocycles. The molecule has 14 heavy (non-hydrogen) atoms. The van der Waals surface area contributed by atoms with Crippen molar-refractivity contribution in [3.63, 3.8) is 0 Å². The Bertz CT molecular complexity index is 392. The lowest BCUT2D eigenvalue weighted by molar-refractivity contribution is 0.695. The maximum atomic E-state index is 11.0. The lowest BCUT2D eigenvalue weighted by atomic mass is 10.4. The molecule has 1 aliphatic heterocycles. The molecule has 2 aliphatic rings. The van der Waals surface area contributed by atoms with Gasteiger partial charge in [-0.05, 0) is 11.8 Å². The highest BCUT2D eigenvalue weighted by molar-refractivity contribution is 5.37. The van der Waals surface area contributed by atoms with Gasteiger partial charge in [-0.2, -0.15) is 0 Å². The zero-order valence-corrected chi connectivity index (χ0v) is 7.66. The van der Waals surface area contributed by atoms with E-state index in [-0.39, 0.29) is 5.56 Å². The van der Waals surface area contributed by atoms with Gasteiger partial charge in [-0.3, -0.25) is 4.79 Å². The lowest BCUT2D eigenvalue weighted by Gasteiger charge is -2.06. The van der Waals surface area contributed by atoms with Crippen LogP contribution in [0.5, 0.6) is 0 Å². The monoisotopic (exact) mass is 192 g/mol. The number of hydrogen-bond acceptors (Lipinski definition) is 4. The standard InChI is InChI=1S/C9H12N4O/c14-8-1-7(11-4-12-8)13-9-5-2-10-3-6(5)9/h1,4-6,9-10H,2-3H2,(H2,11,12,13,14). The molecule has 1 aromatic rings. The van der Waals surface area contributed by atoms with Crippen LogP contribution in [0.2, 0.25) is 0 Å². The van der Waals surface area contributed by atoms with Gasteiger partial charge in [0.25, 0.3) is 5.56 Å². The van der Waals surface area contributed by atoms with Gasteiger partial charge in [0.2, 0.25) is 0 Å². The second kappa shape index (κ2) is 2.81. The first-order valence-electron chi connectivity index (χ1n) is 4.86. The molecule has 1 aromatic heterocycles. The van der Waals surface area contributed by atoms with Crippen LogP contribution in [-0.4, -0.2) is 29.1 Å². The molecule has 1 saturated heterocycles. The molecule has 74 valence electrons. The number of nitrogens with zero attached hydrogens (tertiary/aromatic N) is 1. The van der Waals surface area contributed by atoms with Crippen LogP contribution in [0.3, 0.4) is 0 Å². The third-order valence-electron chi connectivity index (χ3n) is 3.08. The number of rotatable bonds is 2. The third kappa shape index (κ3) is 1.21. The predicted molar refractivity (Wildman–Crippen MR) is 52.1 cm³/mol. The van der Waals surface area contributed by atoms with Gasteiger partial charge in [-0.25, -0.2) is 4.98 Å². The summed E-state index contributed by atoms with van der Waals surface area (Å²) in [4.78, 5) is 17.5. The third-order valence-corrected chi connectivity index (χ3v) is 3.08. The van der Waals surface area contributed by atoms with Gasteiger partial charge in [0.15, 0.2) is 0 Å². The first-order valence-corrected chi connectivity index (χ1v) is 4.86. The van der Waals surface area contributed by atoms with Crippen LogP contribution in [0.4, 0.5) is 5.82 Å². The quantitative estimate of drug-likeness (QED) is 0.585. The normalized spacial score (nSPS) is 33.9. The van der Waals surface area contributed by atoms with Crippen molar-refractivity contribution in [3.05, 3.63) is 22.7 Å². The summed E-state index contributed by atoms with van der Waals surface area (Å²) in [6.45, 7) is 2.18. The van der Waals surface area contributed by atoms with Crippen LogP contribution in [0.15, 0.2) is 17.2 Å². The van der Waals surface area contributed by atoms with Crippen LogP contribution < -0.4 is 16.2 Å². The van der Waals surface area contributed by atoms with Crippen molar-refractivity contribution in [2.24, 2.45) is 11.8 Å². The van der Waals surface area contributed by atoms with Crippen molar-refractivity contribution in [1.82, 2.24) is 15.3 Å². The van der Waals surface area contributed by atoms with Crippen LogP contribution in [0, 0.1) is 11.8 Å². The molecule has 0 amide bonds. The van der Waals surface area contributed by atoms with Crippen LogP contribution in [0.1, 0.15) is 0 Å². The van der Waals surface area contributed by atoms with Crippen molar-refractivity contribution in [2.45, 2.75) is 6.04 Å². The minimum absolute atomic E-state index is 0.105. The van der Waals surface area contributed by atoms with E-state index in [0.29, 0.717) is 11.9 Å². The molecule has 2 atom stereocenters. The van der Waals surface area contributed by atoms with Crippen molar-refractivity contribution in [2.75, 3.05) is 18.4 Å². The molecular formula is C9H12N4O. The van der Waals surface area contributed by atoms with E-state index in [2.05, 4.69) is 20.6 Å². The minimum Gasteiger partial charge on any atom is -0.366 e. The molecule has 1 saturated carbocycles. The zero-order chi connectivity index (χ0) is 9.54. The Hall–Kier alpha value is -1.36. The number of aromatic nitrogens is 2. The van der Waals surface area contributed by atoms with Crippen LogP contribution in [0.25, 0.3) is 0 Å². The fourth-order valence-electron chi connectivity index (χ4n) is 2.25. The minimum atomic E-state index is -0.105. The zero-order valence-electron chi connectivity index (χ0n) is 7.66. The van der Waals surface area contributed by atoms with E-state index in [4.69, 9.17) is 0 Å². The van der Waals surface area contributed by atoms with E-state index in [1.54, 1.807) is 0 Å². The molecule has 0 spiro atoms. The van der Waals surface area contributed by atoms with Gasteiger partial charge < -0.3 is 15.6 Å². The number of hydrogen-bond donors (Lipinski definition) is 3. The van der Waals surface area contributed by atoms with E-state index in [1.165, 1.54) is 12.4 Å². The SMILES string of the molecule is O=c1cc(NC2C3CNCC32)nc[nH]1. The Morgan fingerprint density at radius 2 is 2.21 bits per heavy atom. The Morgan fingerprint density at radius 3 is 2.93 bits per heavy atom. The summed E-state index contributed by atoms with van der Waals surface area (Å²) in [6, 6.07) is 2.02. The highest BCUT2D eigenvalue weighted by Gasteiger charge is 2.53. The van der Waals surface area contributed by atoms with Crippen LogP contribution in [-0.2, 0) is 0 Å². The molecule has 2 unspecified atom stereocenters. The van der Waals surface area contributed by atoms with E-state index < -0.39 is 0 Å². The summed E-state index contributed by atoms with van der Waals surface area (Å²) in [5, 5.41) is 6.61. The lowest BCUT2D eigenvalue weighted by Crippen LogP contribution is -2.22. The molecule has 0 bridgehead atoms. The predicted octanol–water partition coefficient (Wildman–Crippen LogP) is -0.600. The summed E-state index contributed by atoms with van der Waals surface area (Å²) < 4.78 is 0. The van der Waals surface area contributed by atoms with Crippen LogP contribution >= 0.6 is 0 Å². The van der Waals surface area contributed by atoms with Gasteiger partial charge in [0, 0.05) is 25.2 Å². The van der Waals surface area contributed by atoms with E-state index in [1.807, 2.05) is 0 Å². The molecule has 2 fully saturated rings. The fourth-order valence-corrected chi connectivity index (χ4v) is 2.25. The van der Waals surface area contributed by atoms with Gasteiger partial charge in [-0.15, -0.1) is 0 Å². The highest BCUT2D eigenvalue weighted by atomic mass is 16.1. The summed E-state index contributed by atoms with van der Waals surface area (Å²) in [7, 11) is 0. The Labute approximate surface area is 80.9 Å². The van der Waals surface area contributed by atoms with E-state index >= 15 is 0 Å². The van der Waals surface area contributed by atoms with E-state index in [9.17, 15) is 4.79 Å². The van der Waals surface area contributed by atoms with Crippen molar-refractivity contribution in [1.29, 1.82) is 0 Å². The molecule has 3 N–H and O–H groups in total. The first-order chi connectivity index (χ1) is 6.84. The molecule has 3 rings (SSSR count). The second-order valence-corrected chi connectivity index (χ2v) is 3.95. The molecular weight excluding hydrogens is 180 g/mol. The van der Waals surface area contributed by atoms with Crippen molar-refractivity contribution in [3.8, 4) is 0 Å². The molecule has 0 radical (unpaired) electrons. The fraction of sp³-hybridized carbons (Fsp3) is 0.556. The average molecular weight is 192 g/mol. The highest BCUT2D eigenvalue weighted by Crippen LogP contribution is 2.43. The summed E-state index contributed by atoms with van der Waals surface area (Å²) >= 11 is 0. The number of anilines is 1. The second-order valence-electron chi connectivity index (χ2n) is 3.95. The number of piperidine rings is 1. The number of fused-ring (bicyclic) bond motifs is 1. The van der Waals surface area contributed by atoms with Gasteiger partial charge >= 0.3 is 0 Å². The molecule has 5 heteroatoms. The maximum absolute atomic E-state index is 11.0. The number of nitrogens with one attached hydrogen (secondary N) is 3. The van der Waals surface area contributed by atoms with Gasteiger partial charge in [0.1, 0.15) is 5.82 Å². The average Bonchev–Trinajstić information content (AvgIpc) is 2.62. The van der Waals surface area contributed by atoms with Crippen molar-refractivity contribution >= 4 is 5.82 Å².